The van der Waals surface area contributed by atoms with Crippen molar-refractivity contribution in [3.63, 3.8) is 0 Å². The van der Waals surface area contributed by atoms with Gasteiger partial charge in [0.15, 0.2) is 0 Å². The molecule has 7 heteroatoms. The predicted molar refractivity (Wildman–Crippen MR) is 147 cm³/mol. The molecule has 4 aromatic rings. The highest BCUT2D eigenvalue weighted by Gasteiger charge is 2.25. The minimum absolute atomic E-state index is 0.104. The number of thiophene rings is 1. The molecule has 1 aliphatic rings. The van der Waals surface area contributed by atoms with Crippen LogP contribution < -0.4 is 10.1 Å². The van der Waals surface area contributed by atoms with E-state index in [2.05, 4.69) is 21.2 Å². The molecule has 3 aromatic carbocycles. The van der Waals surface area contributed by atoms with Crippen LogP contribution in [-0.2, 0) is 19.4 Å². The monoisotopic (exact) mass is 562 g/mol. The summed E-state index contributed by atoms with van der Waals surface area (Å²) in [6.07, 6.45) is 5.76. The van der Waals surface area contributed by atoms with Crippen molar-refractivity contribution >= 4 is 50.1 Å². The fourth-order valence-electron chi connectivity index (χ4n) is 4.24. The first-order valence-electron chi connectivity index (χ1n) is 11.8. The first-order chi connectivity index (χ1) is 17.6. The van der Waals surface area contributed by atoms with E-state index >= 15 is 0 Å². The van der Waals surface area contributed by atoms with Crippen LogP contribution in [0.4, 0.5) is 15.1 Å². The quantitative estimate of drug-likeness (QED) is 0.231. The van der Waals surface area contributed by atoms with Crippen LogP contribution >= 0.6 is 27.3 Å². The Bertz CT molecular complexity index is 1420. The van der Waals surface area contributed by atoms with Gasteiger partial charge in [-0.15, -0.1) is 11.3 Å². The zero-order valence-electron chi connectivity index (χ0n) is 19.5. The van der Waals surface area contributed by atoms with E-state index in [-0.39, 0.29) is 18.3 Å². The first-order valence-corrected chi connectivity index (χ1v) is 13.4. The van der Waals surface area contributed by atoms with E-state index in [4.69, 9.17) is 9.73 Å². The summed E-state index contributed by atoms with van der Waals surface area (Å²) in [6.45, 7) is 0.104. The molecule has 1 heterocycles. The van der Waals surface area contributed by atoms with E-state index in [1.54, 1.807) is 35.8 Å². The van der Waals surface area contributed by atoms with Crippen molar-refractivity contribution in [3.8, 4) is 5.75 Å². The molecule has 1 N–H and O–H groups in total. The lowest BCUT2D eigenvalue weighted by atomic mass is 9.95. The lowest BCUT2D eigenvalue weighted by Crippen LogP contribution is -2.14. The number of carbonyl (C=O) groups excluding carboxylic acids is 1. The number of rotatable bonds is 7. The molecule has 1 aliphatic carbocycles. The number of aliphatic imine (C=N–C) groups is 1. The second-order valence-corrected chi connectivity index (χ2v) is 10.5. The molecule has 182 valence electrons. The smallest absolute Gasteiger partial charge is 0.259 e. The third-order valence-corrected chi connectivity index (χ3v) is 7.74. The van der Waals surface area contributed by atoms with Crippen molar-refractivity contribution < 1.29 is 13.9 Å². The molecule has 1 amide bonds. The fraction of sp³-hybridized carbons (Fsp3) is 0.172. The number of hydrogen-bond donors (Lipinski definition) is 1. The number of ether oxygens (including phenoxy) is 1. The Morgan fingerprint density at radius 1 is 1.06 bits per heavy atom. The number of nitrogens with one attached hydrogen (secondary N) is 1. The van der Waals surface area contributed by atoms with Crippen molar-refractivity contribution in [2.24, 2.45) is 4.99 Å². The molecule has 0 radical (unpaired) electrons. The maximum Gasteiger partial charge on any atom is 0.259 e. The molecule has 0 bridgehead atoms. The molecule has 0 saturated heterocycles. The van der Waals surface area contributed by atoms with Gasteiger partial charge in [0, 0.05) is 32.4 Å². The summed E-state index contributed by atoms with van der Waals surface area (Å²) in [5.74, 6) is 0.142. The van der Waals surface area contributed by atoms with Crippen LogP contribution in [0.3, 0.4) is 0 Å². The molecule has 0 saturated carbocycles. The summed E-state index contributed by atoms with van der Waals surface area (Å²) in [6, 6.07) is 21.6. The molecule has 5 rings (SSSR count). The molecule has 36 heavy (non-hydrogen) atoms. The summed E-state index contributed by atoms with van der Waals surface area (Å²) >= 11 is 5.09. The van der Waals surface area contributed by atoms with Gasteiger partial charge in [0.1, 0.15) is 23.2 Å². The molecule has 0 aliphatic heterocycles. The number of para-hydroxylation sites is 1. The maximum atomic E-state index is 14.1. The number of anilines is 1. The minimum atomic E-state index is -0.303. The highest BCUT2D eigenvalue weighted by molar-refractivity contribution is 9.10. The van der Waals surface area contributed by atoms with Crippen LogP contribution in [0, 0.1) is 5.82 Å². The summed E-state index contributed by atoms with van der Waals surface area (Å²) < 4.78 is 20.9. The molecular weight excluding hydrogens is 539 g/mol. The van der Waals surface area contributed by atoms with Crippen LogP contribution in [0.5, 0.6) is 5.75 Å². The van der Waals surface area contributed by atoms with Gasteiger partial charge in [-0.05, 0) is 67.6 Å². The van der Waals surface area contributed by atoms with Crippen LogP contribution in [0.15, 0.2) is 82.3 Å². The molecule has 0 atom stereocenters. The van der Waals surface area contributed by atoms with E-state index in [0.29, 0.717) is 21.9 Å². The van der Waals surface area contributed by atoms with Gasteiger partial charge >= 0.3 is 0 Å². The SMILES string of the molecule is O=C(Nc1ccccc1)c1c(N=Cc2cc(Br)ccc2OCc2ccccc2F)sc2c1CCCC2. The topological polar surface area (TPSA) is 50.7 Å². The third-order valence-electron chi connectivity index (χ3n) is 6.05. The highest BCUT2D eigenvalue weighted by Crippen LogP contribution is 2.40. The second-order valence-electron chi connectivity index (χ2n) is 8.53. The van der Waals surface area contributed by atoms with Gasteiger partial charge in [0.05, 0.1) is 5.56 Å². The lowest BCUT2D eigenvalue weighted by Gasteiger charge is -2.13. The predicted octanol–water partition coefficient (Wildman–Crippen LogP) is 8.11. The van der Waals surface area contributed by atoms with Gasteiger partial charge in [-0.1, -0.05) is 52.3 Å². The Morgan fingerprint density at radius 3 is 2.67 bits per heavy atom. The van der Waals surface area contributed by atoms with E-state index in [0.717, 1.165) is 47.0 Å². The highest BCUT2D eigenvalue weighted by atomic mass is 79.9. The zero-order valence-corrected chi connectivity index (χ0v) is 21.9. The van der Waals surface area contributed by atoms with Crippen molar-refractivity contribution in [2.45, 2.75) is 32.3 Å². The van der Waals surface area contributed by atoms with Crippen LogP contribution in [0.2, 0.25) is 0 Å². The number of fused-ring (bicyclic) bond motifs is 1. The minimum Gasteiger partial charge on any atom is -0.488 e. The standard InChI is InChI=1S/C29H24BrFN2O2S/c30-21-14-15-25(35-18-19-8-4-6-12-24(19)31)20(16-21)17-32-29-27(23-11-5-7-13-26(23)36-29)28(34)33-22-9-2-1-3-10-22/h1-4,6,8-10,12,14-17H,5,7,11,13,18H2,(H,33,34). The number of halogens is 2. The molecule has 0 spiro atoms. The second kappa shape index (κ2) is 11.2. The number of carbonyl (C=O) groups is 1. The average Bonchev–Trinajstić information content (AvgIpc) is 3.27. The summed E-state index contributed by atoms with van der Waals surface area (Å²) in [4.78, 5) is 19.4. The normalized spacial score (nSPS) is 12.9. The molecule has 1 aromatic heterocycles. The van der Waals surface area contributed by atoms with Crippen molar-refractivity contribution in [2.75, 3.05) is 5.32 Å². The van der Waals surface area contributed by atoms with Crippen LogP contribution in [0.1, 0.15) is 44.8 Å². The van der Waals surface area contributed by atoms with Crippen molar-refractivity contribution in [1.29, 1.82) is 0 Å². The van der Waals surface area contributed by atoms with Gasteiger partial charge in [0.2, 0.25) is 0 Å². The largest absolute Gasteiger partial charge is 0.488 e. The fourth-order valence-corrected chi connectivity index (χ4v) is 5.85. The molecule has 4 nitrogen and oxygen atoms in total. The zero-order chi connectivity index (χ0) is 24.9. The van der Waals surface area contributed by atoms with Gasteiger partial charge in [-0.25, -0.2) is 9.38 Å². The van der Waals surface area contributed by atoms with E-state index < -0.39 is 0 Å². The van der Waals surface area contributed by atoms with Crippen LogP contribution in [0.25, 0.3) is 0 Å². The van der Waals surface area contributed by atoms with E-state index in [1.165, 1.54) is 10.9 Å². The summed E-state index contributed by atoms with van der Waals surface area (Å²) in [5.41, 5.74) is 3.73. The average molecular weight is 563 g/mol. The maximum absolute atomic E-state index is 14.1. The Balaban J connectivity index is 1.44. The third kappa shape index (κ3) is 5.58. The molecular formula is C29H24BrFN2O2S. The van der Waals surface area contributed by atoms with Crippen molar-refractivity contribution in [1.82, 2.24) is 0 Å². The number of amides is 1. The Morgan fingerprint density at radius 2 is 1.83 bits per heavy atom. The number of aryl methyl sites for hydroxylation is 1. The Hall–Kier alpha value is -3.29. The Labute approximate surface area is 222 Å². The van der Waals surface area contributed by atoms with E-state index in [9.17, 15) is 9.18 Å². The van der Waals surface area contributed by atoms with Crippen molar-refractivity contribution in [3.05, 3.63) is 110 Å². The van der Waals surface area contributed by atoms with Gasteiger partial charge in [0.25, 0.3) is 5.91 Å². The Kier molecular flexibility index (Phi) is 7.58. The van der Waals surface area contributed by atoms with Gasteiger partial charge in [-0.2, -0.15) is 0 Å². The molecule has 0 fully saturated rings. The first kappa shape index (κ1) is 24.4. The number of nitrogens with zero attached hydrogens (tertiary/aromatic N) is 1. The van der Waals surface area contributed by atoms with Gasteiger partial charge in [-0.3, -0.25) is 4.79 Å². The van der Waals surface area contributed by atoms with Gasteiger partial charge < -0.3 is 10.1 Å². The van der Waals surface area contributed by atoms with Crippen LogP contribution in [-0.4, -0.2) is 12.1 Å². The van der Waals surface area contributed by atoms with E-state index in [1.807, 2.05) is 48.5 Å². The summed E-state index contributed by atoms with van der Waals surface area (Å²) in [7, 11) is 0. The summed E-state index contributed by atoms with van der Waals surface area (Å²) in [5, 5.41) is 3.71. The number of hydrogen-bond acceptors (Lipinski definition) is 4. The lowest BCUT2D eigenvalue weighted by molar-refractivity contribution is 0.102. The molecule has 0 unspecified atom stereocenters. The number of benzene rings is 3.